The first-order valence-electron chi connectivity index (χ1n) is 7.32. The van der Waals surface area contributed by atoms with Crippen LogP contribution in [0.3, 0.4) is 0 Å². The SMILES string of the molecule is Cl.Cl.O=C(Cc1csc(-c2ccccn2)n1)NCC1=CCNCC1. The van der Waals surface area contributed by atoms with Crippen LogP contribution in [0, 0.1) is 0 Å². The summed E-state index contributed by atoms with van der Waals surface area (Å²) in [5, 5.41) is 9.00. The molecule has 0 spiro atoms. The second kappa shape index (κ2) is 10.4. The van der Waals surface area contributed by atoms with Crippen molar-refractivity contribution in [2.24, 2.45) is 0 Å². The summed E-state index contributed by atoms with van der Waals surface area (Å²) in [6, 6.07) is 5.73. The highest BCUT2D eigenvalue weighted by Crippen LogP contribution is 2.21. The average Bonchev–Trinajstić information content (AvgIpc) is 3.03. The molecule has 0 atom stereocenters. The monoisotopic (exact) mass is 386 g/mol. The van der Waals surface area contributed by atoms with Crippen LogP contribution in [0.25, 0.3) is 10.7 Å². The van der Waals surface area contributed by atoms with Crippen molar-refractivity contribution in [2.75, 3.05) is 19.6 Å². The van der Waals surface area contributed by atoms with Crippen molar-refractivity contribution >= 4 is 42.1 Å². The molecule has 1 aliphatic rings. The number of amides is 1. The zero-order chi connectivity index (χ0) is 15.2. The molecule has 5 nitrogen and oxygen atoms in total. The van der Waals surface area contributed by atoms with E-state index in [9.17, 15) is 4.79 Å². The van der Waals surface area contributed by atoms with Crippen molar-refractivity contribution in [1.82, 2.24) is 20.6 Å². The first-order valence-corrected chi connectivity index (χ1v) is 8.20. The molecule has 1 aliphatic heterocycles. The molecule has 1 amide bonds. The van der Waals surface area contributed by atoms with Gasteiger partial charge in [0.2, 0.25) is 5.91 Å². The van der Waals surface area contributed by atoms with E-state index in [1.54, 1.807) is 6.20 Å². The first-order chi connectivity index (χ1) is 10.8. The Morgan fingerprint density at radius 3 is 2.92 bits per heavy atom. The lowest BCUT2D eigenvalue weighted by molar-refractivity contribution is -0.120. The Morgan fingerprint density at radius 1 is 1.33 bits per heavy atom. The van der Waals surface area contributed by atoms with Crippen LogP contribution < -0.4 is 10.6 Å². The molecule has 0 radical (unpaired) electrons. The van der Waals surface area contributed by atoms with Crippen LogP contribution in [0.15, 0.2) is 41.4 Å². The van der Waals surface area contributed by atoms with Gasteiger partial charge in [0.15, 0.2) is 0 Å². The summed E-state index contributed by atoms with van der Waals surface area (Å²) < 4.78 is 0. The Balaban J connectivity index is 0.00000144. The van der Waals surface area contributed by atoms with Crippen LogP contribution in [0.2, 0.25) is 0 Å². The molecule has 3 heterocycles. The van der Waals surface area contributed by atoms with E-state index in [1.807, 2.05) is 23.6 Å². The molecule has 2 N–H and O–H groups in total. The Bertz CT molecular complexity index is 676. The minimum Gasteiger partial charge on any atom is -0.352 e. The average molecular weight is 387 g/mol. The van der Waals surface area contributed by atoms with Crippen LogP contribution in [0.4, 0.5) is 0 Å². The molecule has 0 saturated heterocycles. The predicted octanol–water partition coefficient (Wildman–Crippen LogP) is 2.63. The number of hydrogen-bond acceptors (Lipinski definition) is 5. The highest BCUT2D eigenvalue weighted by Gasteiger charge is 2.10. The minimum absolute atomic E-state index is 0. The zero-order valence-corrected chi connectivity index (χ0v) is 15.5. The van der Waals surface area contributed by atoms with E-state index in [4.69, 9.17) is 0 Å². The summed E-state index contributed by atoms with van der Waals surface area (Å²) in [6.07, 6.45) is 5.21. The molecule has 2 aromatic rings. The number of aromatic nitrogens is 2. The van der Waals surface area contributed by atoms with Crippen molar-refractivity contribution in [3.8, 4) is 10.7 Å². The van der Waals surface area contributed by atoms with Gasteiger partial charge in [-0.1, -0.05) is 17.7 Å². The van der Waals surface area contributed by atoms with Crippen LogP contribution in [-0.4, -0.2) is 35.5 Å². The fourth-order valence-electron chi connectivity index (χ4n) is 2.26. The standard InChI is InChI=1S/C16H18N4OS.2ClH/c21-15(19-10-12-4-7-17-8-5-12)9-13-11-22-16(20-13)14-3-1-2-6-18-14;;/h1-4,6,11,17H,5,7-10H2,(H,19,21);2*1H. The van der Waals surface area contributed by atoms with Gasteiger partial charge in [-0.3, -0.25) is 9.78 Å². The number of carbonyl (C=O) groups excluding carboxylic acids is 1. The molecule has 0 bridgehead atoms. The Kier molecular flexibility index (Phi) is 8.92. The van der Waals surface area contributed by atoms with Crippen molar-refractivity contribution < 1.29 is 4.79 Å². The van der Waals surface area contributed by atoms with Gasteiger partial charge in [-0.15, -0.1) is 36.2 Å². The van der Waals surface area contributed by atoms with E-state index >= 15 is 0 Å². The molecule has 0 saturated carbocycles. The fraction of sp³-hybridized carbons (Fsp3) is 0.312. The van der Waals surface area contributed by atoms with Crippen molar-refractivity contribution in [3.63, 3.8) is 0 Å². The van der Waals surface area contributed by atoms with Gasteiger partial charge in [0.05, 0.1) is 17.8 Å². The fourth-order valence-corrected chi connectivity index (χ4v) is 3.06. The van der Waals surface area contributed by atoms with E-state index in [-0.39, 0.29) is 30.7 Å². The maximum absolute atomic E-state index is 12.0. The lowest BCUT2D eigenvalue weighted by Gasteiger charge is -2.14. The molecule has 0 unspecified atom stereocenters. The highest BCUT2D eigenvalue weighted by atomic mass is 35.5. The lowest BCUT2D eigenvalue weighted by atomic mass is 10.1. The smallest absolute Gasteiger partial charge is 0.226 e. The Hall–Kier alpha value is -1.47. The summed E-state index contributed by atoms with van der Waals surface area (Å²) in [7, 11) is 0. The van der Waals surface area contributed by atoms with Crippen LogP contribution in [0.5, 0.6) is 0 Å². The van der Waals surface area contributed by atoms with E-state index in [2.05, 4.69) is 26.7 Å². The Morgan fingerprint density at radius 2 is 2.21 bits per heavy atom. The number of carbonyl (C=O) groups is 1. The van der Waals surface area contributed by atoms with Crippen LogP contribution in [-0.2, 0) is 11.2 Å². The minimum atomic E-state index is 0. The third-order valence-corrected chi connectivity index (χ3v) is 4.36. The van der Waals surface area contributed by atoms with Gasteiger partial charge in [-0.2, -0.15) is 0 Å². The number of pyridine rings is 1. The predicted molar refractivity (Wildman–Crippen MR) is 102 cm³/mol. The second-order valence-electron chi connectivity index (χ2n) is 5.13. The molecule has 0 aromatic carbocycles. The largest absolute Gasteiger partial charge is 0.352 e. The van der Waals surface area contributed by atoms with Gasteiger partial charge < -0.3 is 10.6 Å². The van der Waals surface area contributed by atoms with Crippen molar-refractivity contribution in [2.45, 2.75) is 12.8 Å². The van der Waals surface area contributed by atoms with Crippen molar-refractivity contribution in [3.05, 3.63) is 47.1 Å². The number of hydrogen-bond donors (Lipinski definition) is 2. The third-order valence-electron chi connectivity index (χ3n) is 3.45. The molecule has 24 heavy (non-hydrogen) atoms. The first kappa shape index (κ1) is 20.6. The summed E-state index contributed by atoms with van der Waals surface area (Å²) in [5.41, 5.74) is 2.93. The van der Waals surface area contributed by atoms with Gasteiger partial charge in [0.1, 0.15) is 5.01 Å². The van der Waals surface area contributed by atoms with Gasteiger partial charge >= 0.3 is 0 Å². The van der Waals surface area contributed by atoms with E-state index in [1.165, 1.54) is 16.9 Å². The molecule has 130 valence electrons. The lowest BCUT2D eigenvalue weighted by Crippen LogP contribution is -2.30. The quantitative estimate of drug-likeness (QED) is 0.775. The molecule has 0 aliphatic carbocycles. The topological polar surface area (TPSA) is 66.9 Å². The summed E-state index contributed by atoms with van der Waals surface area (Å²) in [5.74, 6) is 0.0114. The molecular formula is C16H20Cl2N4OS. The maximum Gasteiger partial charge on any atom is 0.226 e. The van der Waals surface area contributed by atoms with Gasteiger partial charge in [-0.05, 0) is 25.1 Å². The highest BCUT2D eigenvalue weighted by molar-refractivity contribution is 7.13. The molecule has 3 rings (SSSR count). The van der Waals surface area contributed by atoms with Gasteiger partial charge in [-0.25, -0.2) is 4.98 Å². The van der Waals surface area contributed by atoms with Crippen LogP contribution in [0.1, 0.15) is 12.1 Å². The number of thiazole rings is 1. The third kappa shape index (κ3) is 5.87. The van der Waals surface area contributed by atoms with E-state index < -0.39 is 0 Å². The summed E-state index contributed by atoms with van der Waals surface area (Å²) in [4.78, 5) is 20.8. The zero-order valence-electron chi connectivity index (χ0n) is 13.0. The second-order valence-corrected chi connectivity index (χ2v) is 5.99. The number of rotatable bonds is 5. The maximum atomic E-state index is 12.0. The molecule has 0 fully saturated rings. The number of nitrogens with zero attached hydrogens (tertiary/aromatic N) is 2. The summed E-state index contributed by atoms with van der Waals surface area (Å²) >= 11 is 1.52. The van der Waals surface area contributed by atoms with E-state index in [0.29, 0.717) is 13.0 Å². The summed E-state index contributed by atoms with van der Waals surface area (Å²) in [6.45, 7) is 2.52. The normalized spacial score (nSPS) is 13.2. The van der Waals surface area contributed by atoms with Gasteiger partial charge in [0, 0.05) is 24.7 Å². The van der Waals surface area contributed by atoms with Crippen LogP contribution >= 0.6 is 36.2 Å². The molecular weight excluding hydrogens is 367 g/mol. The Labute approximate surface area is 157 Å². The van der Waals surface area contributed by atoms with Gasteiger partial charge in [0.25, 0.3) is 0 Å². The number of halogens is 2. The molecule has 2 aromatic heterocycles. The van der Waals surface area contributed by atoms with Crippen molar-refractivity contribution in [1.29, 1.82) is 0 Å². The molecule has 8 heteroatoms. The van der Waals surface area contributed by atoms with E-state index in [0.717, 1.165) is 35.9 Å². The number of nitrogens with one attached hydrogen (secondary N) is 2.